The fourth-order valence-corrected chi connectivity index (χ4v) is 10.5. The number of hydrogen-bond donors (Lipinski definition) is 0. The molecule has 0 fully saturated rings. The van der Waals surface area contributed by atoms with Crippen LogP contribution in [0.3, 0.4) is 0 Å². The van der Waals surface area contributed by atoms with E-state index >= 15 is 0 Å². The van der Waals surface area contributed by atoms with Crippen molar-refractivity contribution in [1.82, 2.24) is 4.57 Å². The zero-order valence-electron chi connectivity index (χ0n) is 36.2. The van der Waals surface area contributed by atoms with Crippen molar-refractivity contribution in [1.29, 1.82) is 0 Å². The van der Waals surface area contributed by atoms with Gasteiger partial charge < -0.3 is 14.4 Å². The predicted molar refractivity (Wildman–Crippen MR) is 279 cm³/mol. The first-order valence-corrected chi connectivity index (χ1v) is 22.8. The average Bonchev–Trinajstić information content (AvgIpc) is 3.84. The summed E-state index contributed by atoms with van der Waals surface area (Å²) < 4.78 is 2.36. The Morgan fingerprint density at radius 1 is 0.273 bits per heavy atom. The van der Waals surface area contributed by atoms with E-state index in [4.69, 9.17) is 0 Å². The molecule has 0 spiro atoms. The highest BCUT2D eigenvalue weighted by Gasteiger charge is 2.44. The van der Waals surface area contributed by atoms with Gasteiger partial charge >= 0.3 is 0 Å². The van der Waals surface area contributed by atoms with Gasteiger partial charge in [0.25, 0.3) is 6.71 Å². The van der Waals surface area contributed by atoms with Crippen LogP contribution in [0.25, 0.3) is 61.1 Å². The molecular weight excluding hydrogens is 798 g/mol. The van der Waals surface area contributed by atoms with Crippen LogP contribution in [0.2, 0.25) is 0 Å². The smallest absolute Gasteiger partial charge is 0.252 e. The summed E-state index contributed by atoms with van der Waals surface area (Å²) in [5, 5.41) is 1.21. The van der Waals surface area contributed by atoms with Crippen molar-refractivity contribution >= 4 is 68.1 Å². The molecule has 0 unspecified atom stereocenters. The van der Waals surface area contributed by atoms with Crippen LogP contribution in [-0.4, -0.2) is 11.3 Å². The first kappa shape index (κ1) is 37.9. The second-order valence-electron chi connectivity index (χ2n) is 17.4. The van der Waals surface area contributed by atoms with Crippen molar-refractivity contribution in [3.8, 4) is 50.2 Å². The van der Waals surface area contributed by atoms with E-state index in [9.17, 15) is 0 Å². The van der Waals surface area contributed by atoms with Crippen molar-refractivity contribution < 1.29 is 0 Å². The van der Waals surface area contributed by atoms with E-state index < -0.39 is 0 Å². The molecule has 3 heterocycles. The fraction of sp³-hybridized carbons (Fsp3) is 0. The van der Waals surface area contributed by atoms with Crippen LogP contribution in [0.4, 0.5) is 34.1 Å². The first-order valence-electron chi connectivity index (χ1n) is 22.8. The molecular formula is C62H42BN3. The number of anilines is 6. The second kappa shape index (κ2) is 15.6. The maximum atomic E-state index is 2.52. The van der Waals surface area contributed by atoms with Gasteiger partial charge in [-0.05, 0) is 127 Å². The lowest BCUT2D eigenvalue weighted by Gasteiger charge is -2.44. The largest absolute Gasteiger partial charge is 0.316 e. The zero-order chi connectivity index (χ0) is 43.6. The Labute approximate surface area is 385 Å². The van der Waals surface area contributed by atoms with E-state index in [0.29, 0.717) is 0 Å². The van der Waals surface area contributed by atoms with Gasteiger partial charge in [-0.3, -0.25) is 0 Å². The Bertz CT molecular complexity index is 3370. The molecule has 10 aromatic carbocycles. The molecule has 308 valence electrons. The summed E-state index contributed by atoms with van der Waals surface area (Å²) in [4.78, 5) is 5.04. The summed E-state index contributed by atoms with van der Waals surface area (Å²) in [5.74, 6) is 0. The topological polar surface area (TPSA) is 11.4 Å². The SMILES string of the molecule is c1ccc(-c2ccc(N3c4ccc(-c5ccccc5)cc4B4c5cc(-c6ccccc6)ccc5N(c5ccc(-c6ccccc6)cc5)c5cc(-n6ccc7ccccc76)cc3c54)cc2)cc1. The molecule has 1 aromatic heterocycles. The normalized spacial score (nSPS) is 12.5. The number of rotatable bonds is 7. The molecule has 0 aliphatic carbocycles. The number of aromatic nitrogens is 1. The molecule has 66 heavy (non-hydrogen) atoms. The Hall–Kier alpha value is -8.60. The standard InChI is InChI=1S/C62H42BN3/c1-5-15-43(16-6-1)47-25-31-52(32-26-47)65-58-35-29-50(45-19-9-3-10-20-45)39-55(58)63-56-40-51(46-21-11-4-12-22-46)30-36-59(56)66(53-33-27-48(28-34-53)44-17-7-2-8-18-44)61-42-54(41-60(65)62(61)63)64-38-37-49-23-13-14-24-57(49)64/h1-42H. The third kappa shape index (κ3) is 6.29. The van der Waals surface area contributed by atoms with Crippen LogP contribution in [0.5, 0.6) is 0 Å². The number of hydrogen-bond acceptors (Lipinski definition) is 2. The molecule has 0 amide bonds. The first-order chi connectivity index (χ1) is 32.7. The lowest BCUT2D eigenvalue weighted by molar-refractivity contribution is 1.12. The van der Waals surface area contributed by atoms with E-state index in [1.165, 1.54) is 94.5 Å². The van der Waals surface area contributed by atoms with E-state index in [1.54, 1.807) is 0 Å². The molecule has 0 radical (unpaired) electrons. The molecule has 4 heteroatoms. The van der Waals surface area contributed by atoms with Gasteiger partial charge in [0.2, 0.25) is 0 Å². The lowest BCUT2D eigenvalue weighted by Crippen LogP contribution is -2.61. The Morgan fingerprint density at radius 2 is 0.652 bits per heavy atom. The minimum atomic E-state index is -0.0672. The van der Waals surface area contributed by atoms with Crippen LogP contribution in [0.1, 0.15) is 0 Å². The summed E-state index contributed by atoms with van der Waals surface area (Å²) in [5.41, 5.74) is 22.6. The number of fused-ring (bicyclic) bond motifs is 5. The molecule has 0 saturated heterocycles. The highest BCUT2D eigenvalue weighted by Crippen LogP contribution is 2.47. The van der Waals surface area contributed by atoms with Gasteiger partial charge in [-0.1, -0.05) is 188 Å². The van der Waals surface area contributed by atoms with E-state index in [0.717, 1.165) is 17.1 Å². The van der Waals surface area contributed by atoms with Crippen LogP contribution in [0.15, 0.2) is 255 Å². The van der Waals surface area contributed by atoms with E-state index in [2.05, 4.69) is 269 Å². The molecule has 0 bridgehead atoms. The summed E-state index contributed by atoms with van der Waals surface area (Å²) in [6.45, 7) is -0.0672. The maximum absolute atomic E-state index is 2.52. The lowest BCUT2D eigenvalue weighted by atomic mass is 9.33. The molecule has 2 aliphatic rings. The van der Waals surface area contributed by atoms with E-state index in [-0.39, 0.29) is 6.71 Å². The van der Waals surface area contributed by atoms with Crippen LogP contribution >= 0.6 is 0 Å². The predicted octanol–water partition coefficient (Wildman–Crippen LogP) is 14.4. The second-order valence-corrected chi connectivity index (χ2v) is 17.4. The molecule has 0 saturated carbocycles. The van der Waals surface area contributed by atoms with Gasteiger partial charge in [-0.2, -0.15) is 0 Å². The molecule has 0 atom stereocenters. The van der Waals surface area contributed by atoms with Crippen molar-refractivity contribution in [2.24, 2.45) is 0 Å². The van der Waals surface area contributed by atoms with Crippen LogP contribution in [-0.2, 0) is 0 Å². The van der Waals surface area contributed by atoms with Gasteiger partial charge in [0, 0.05) is 46.0 Å². The minimum Gasteiger partial charge on any atom is -0.316 e. The summed E-state index contributed by atoms with van der Waals surface area (Å²) in [6.07, 6.45) is 2.22. The van der Waals surface area contributed by atoms with E-state index in [1.807, 2.05) is 0 Å². The Balaban J connectivity index is 1.11. The maximum Gasteiger partial charge on any atom is 0.252 e. The van der Waals surface area contributed by atoms with Gasteiger partial charge in [-0.25, -0.2) is 0 Å². The number of para-hydroxylation sites is 1. The fourth-order valence-electron chi connectivity index (χ4n) is 10.5. The molecule has 3 nitrogen and oxygen atoms in total. The third-order valence-corrected chi connectivity index (χ3v) is 13.6. The van der Waals surface area contributed by atoms with Crippen molar-refractivity contribution in [3.05, 3.63) is 255 Å². The van der Waals surface area contributed by atoms with Gasteiger partial charge in [0.05, 0.1) is 5.52 Å². The van der Waals surface area contributed by atoms with Gasteiger partial charge in [0.1, 0.15) is 0 Å². The Kier molecular flexibility index (Phi) is 8.95. The molecule has 13 rings (SSSR count). The van der Waals surface area contributed by atoms with Crippen LogP contribution < -0.4 is 26.2 Å². The minimum absolute atomic E-state index is 0.0672. The Morgan fingerprint density at radius 3 is 1.11 bits per heavy atom. The molecule has 0 N–H and O–H groups in total. The number of nitrogens with zero attached hydrogens (tertiary/aromatic N) is 3. The third-order valence-electron chi connectivity index (χ3n) is 13.6. The van der Waals surface area contributed by atoms with Crippen molar-refractivity contribution in [2.75, 3.05) is 9.80 Å². The van der Waals surface area contributed by atoms with Crippen molar-refractivity contribution in [2.45, 2.75) is 0 Å². The number of benzene rings is 10. The quantitative estimate of drug-likeness (QED) is 0.148. The van der Waals surface area contributed by atoms with Crippen molar-refractivity contribution in [3.63, 3.8) is 0 Å². The zero-order valence-corrected chi connectivity index (χ0v) is 36.2. The molecule has 2 aliphatic heterocycles. The summed E-state index contributed by atoms with van der Waals surface area (Å²) in [7, 11) is 0. The van der Waals surface area contributed by atoms with Crippen LogP contribution in [0, 0.1) is 0 Å². The highest BCUT2D eigenvalue weighted by atomic mass is 15.2. The summed E-state index contributed by atoms with van der Waals surface area (Å²) >= 11 is 0. The van der Waals surface area contributed by atoms with Gasteiger partial charge in [-0.15, -0.1) is 0 Å². The molecule has 11 aromatic rings. The average molecular weight is 840 g/mol. The monoisotopic (exact) mass is 839 g/mol. The van der Waals surface area contributed by atoms with Gasteiger partial charge in [0.15, 0.2) is 0 Å². The summed E-state index contributed by atoms with van der Waals surface area (Å²) in [6, 6.07) is 91.3. The highest BCUT2D eigenvalue weighted by molar-refractivity contribution is 7.00.